The summed E-state index contributed by atoms with van der Waals surface area (Å²) in [5, 5.41) is 0. The Hall–Kier alpha value is -3.01. The molecular formula is C21H22O4. The van der Waals surface area contributed by atoms with E-state index in [4.69, 9.17) is 14.2 Å². The van der Waals surface area contributed by atoms with Crippen LogP contribution in [0.1, 0.15) is 22.8 Å². The van der Waals surface area contributed by atoms with E-state index < -0.39 is 0 Å². The van der Waals surface area contributed by atoms with Crippen molar-refractivity contribution >= 4 is 11.9 Å². The number of hydrogen-bond donors (Lipinski definition) is 0. The van der Waals surface area contributed by atoms with Gasteiger partial charge in [0.2, 0.25) is 0 Å². The Bertz CT molecular complexity index is 773. The van der Waals surface area contributed by atoms with Crippen molar-refractivity contribution in [2.24, 2.45) is 0 Å². The van der Waals surface area contributed by atoms with Crippen LogP contribution in [0.2, 0.25) is 0 Å². The molecule has 0 aliphatic heterocycles. The number of ketones is 1. The zero-order valence-electron chi connectivity index (χ0n) is 14.7. The average Bonchev–Trinajstić information content (AvgIpc) is 2.66. The molecule has 0 aliphatic carbocycles. The topological polar surface area (TPSA) is 44.8 Å². The van der Waals surface area contributed by atoms with Crippen molar-refractivity contribution in [3.63, 3.8) is 0 Å². The summed E-state index contributed by atoms with van der Waals surface area (Å²) in [7, 11) is 3.19. The Balaban J connectivity index is 2.21. The normalized spacial score (nSPS) is 10.9. The molecular weight excluding hydrogens is 316 g/mol. The summed E-state index contributed by atoms with van der Waals surface area (Å²) < 4.78 is 16.0. The number of ether oxygens (including phenoxy) is 3. The minimum Gasteiger partial charge on any atom is -0.497 e. The molecule has 0 heterocycles. The van der Waals surface area contributed by atoms with E-state index in [0.717, 1.165) is 5.56 Å². The van der Waals surface area contributed by atoms with Crippen molar-refractivity contribution in [3.05, 3.63) is 71.8 Å². The zero-order valence-corrected chi connectivity index (χ0v) is 14.7. The molecule has 0 aromatic heterocycles. The van der Waals surface area contributed by atoms with E-state index in [9.17, 15) is 4.79 Å². The van der Waals surface area contributed by atoms with Crippen molar-refractivity contribution in [1.29, 1.82) is 0 Å². The lowest BCUT2D eigenvalue weighted by Gasteiger charge is -2.09. The summed E-state index contributed by atoms with van der Waals surface area (Å²) in [6.45, 7) is 5.82. The molecule has 0 spiro atoms. The Morgan fingerprint density at radius 3 is 2.32 bits per heavy atom. The molecule has 0 N–H and O–H groups in total. The van der Waals surface area contributed by atoms with Crippen LogP contribution in [0.4, 0.5) is 0 Å². The predicted molar refractivity (Wildman–Crippen MR) is 99.7 cm³/mol. The molecule has 0 atom stereocenters. The Kier molecular flexibility index (Phi) is 6.40. The molecule has 2 rings (SSSR count). The second kappa shape index (κ2) is 8.73. The highest BCUT2D eigenvalue weighted by Gasteiger charge is 2.10. The molecule has 0 radical (unpaired) electrons. The first-order valence-electron chi connectivity index (χ1n) is 7.87. The van der Waals surface area contributed by atoms with Gasteiger partial charge >= 0.3 is 0 Å². The standard InChI is InChI=1S/C21H22O4/c1-5-12-25-18-9-6-16(7-10-18)21(22)15(2)13-17-8-11-19(23-3)14-20(17)24-4/h5-11,13-14H,1,12H2,2-4H3. The third kappa shape index (κ3) is 4.73. The maximum atomic E-state index is 12.6. The van der Waals surface area contributed by atoms with Crippen molar-refractivity contribution in [2.45, 2.75) is 6.92 Å². The molecule has 2 aromatic carbocycles. The lowest BCUT2D eigenvalue weighted by atomic mass is 10.0. The lowest BCUT2D eigenvalue weighted by molar-refractivity contribution is 0.103. The van der Waals surface area contributed by atoms with Crippen molar-refractivity contribution in [1.82, 2.24) is 0 Å². The summed E-state index contributed by atoms with van der Waals surface area (Å²) in [6.07, 6.45) is 3.48. The number of methoxy groups -OCH3 is 2. The van der Waals surface area contributed by atoms with Crippen LogP contribution in [0.15, 0.2) is 60.7 Å². The van der Waals surface area contributed by atoms with Crippen LogP contribution in [-0.4, -0.2) is 26.6 Å². The van der Waals surface area contributed by atoms with E-state index in [1.165, 1.54) is 0 Å². The van der Waals surface area contributed by atoms with Gasteiger partial charge in [-0.15, -0.1) is 0 Å². The number of Topliss-reactive ketones (excluding diaryl/α,β-unsaturated/α-hetero) is 1. The van der Waals surface area contributed by atoms with Gasteiger partial charge in [-0.1, -0.05) is 12.7 Å². The molecule has 2 aromatic rings. The fourth-order valence-corrected chi connectivity index (χ4v) is 2.32. The number of hydrogen-bond acceptors (Lipinski definition) is 4. The molecule has 4 nitrogen and oxygen atoms in total. The summed E-state index contributed by atoms with van der Waals surface area (Å²) in [5.41, 5.74) is 2.04. The molecule has 130 valence electrons. The first kappa shape index (κ1) is 18.3. The van der Waals surface area contributed by atoms with Crippen molar-refractivity contribution < 1.29 is 19.0 Å². The van der Waals surface area contributed by atoms with Gasteiger partial charge in [-0.25, -0.2) is 0 Å². The summed E-state index contributed by atoms with van der Waals surface area (Å²) in [5.74, 6) is 2.01. The molecule has 25 heavy (non-hydrogen) atoms. The summed E-state index contributed by atoms with van der Waals surface area (Å²) in [4.78, 5) is 12.6. The number of benzene rings is 2. The van der Waals surface area contributed by atoms with Gasteiger partial charge in [-0.2, -0.15) is 0 Å². The van der Waals surface area contributed by atoms with Crippen LogP contribution in [0.5, 0.6) is 17.2 Å². The predicted octanol–water partition coefficient (Wildman–Crippen LogP) is 4.55. The number of allylic oxidation sites excluding steroid dienone is 1. The molecule has 0 bridgehead atoms. The van der Waals surface area contributed by atoms with Crippen LogP contribution in [0, 0.1) is 0 Å². The first-order chi connectivity index (χ1) is 12.1. The van der Waals surface area contributed by atoms with Crippen LogP contribution in [0.25, 0.3) is 6.08 Å². The third-order valence-corrected chi connectivity index (χ3v) is 3.66. The Labute approximate surface area is 148 Å². The number of carbonyl (C=O) groups is 1. The highest BCUT2D eigenvalue weighted by Crippen LogP contribution is 2.27. The monoisotopic (exact) mass is 338 g/mol. The van der Waals surface area contributed by atoms with Crippen LogP contribution >= 0.6 is 0 Å². The van der Waals surface area contributed by atoms with Gasteiger partial charge in [0.15, 0.2) is 5.78 Å². The SMILES string of the molecule is C=CCOc1ccc(C(=O)C(C)=Cc2ccc(OC)cc2OC)cc1. The molecule has 4 heteroatoms. The van der Waals surface area contributed by atoms with Gasteiger partial charge < -0.3 is 14.2 Å². The molecule has 0 unspecified atom stereocenters. The van der Waals surface area contributed by atoms with Crippen LogP contribution < -0.4 is 14.2 Å². The van der Waals surface area contributed by atoms with E-state index in [-0.39, 0.29) is 5.78 Å². The number of carbonyl (C=O) groups excluding carboxylic acids is 1. The second-order valence-corrected chi connectivity index (χ2v) is 5.39. The fourth-order valence-electron chi connectivity index (χ4n) is 2.32. The van der Waals surface area contributed by atoms with Gasteiger partial charge in [0, 0.05) is 17.2 Å². The van der Waals surface area contributed by atoms with E-state index in [0.29, 0.717) is 35.0 Å². The van der Waals surface area contributed by atoms with Crippen LogP contribution in [0.3, 0.4) is 0 Å². The number of rotatable bonds is 8. The quantitative estimate of drug-likeness (QED) is 0.402. The van der Waals surface area contributed by atoms with Gasteiger partial charge in [-0.3, -0.25) is 4.79 Å². The highest BCUT2D eigenvalue weighted by molar-refractivity contribution is 6.11. The second-order valence-electron chi connectivity index (χ2n) is 5.39. The molecule has 0 saturated carbocycles. The maximum absolute atomic E-state index is 12.6. The minimum absolute atomic E-state index is 0.0480. The summed E-state index contributed by atoms with van der Waals surface area (Å²) in [6, 6.07) is 12.5. The Morgan fingerprint density at radius 1 is 1.04 bits per heavy atom. The van der Waals surface area contributed by atoms with Crippen molar-refractivity contribution in [3.8, 4) is 17.2 Å². The largest absolute Gasteiger partial charge is 0.497 e. The zero-order chi connectivity index (χ0) is 18.2. The van der Waals surface area contributed by atoms with Gasteiger partial charge in [0.1, 0.15) is 23.9 Å². The van der Waals surface area contributed by atoms with E-state index in [1.807, 2.05) is 18.2 Å². The highest BCUT2D eigenvalue weighted by atomic mass is 16.5. The smallest absolute Gasteiger partial charge is 0.188 e. The van der Waals surface area contributed by atoms with E-state index >= 15 is 0 Å². The van der Waals surface area contributed by atoms with Crippen LogP contribution in [-0.2, 0) is 0 Å². The molecule has 0 saturated heterocycles. The van der Waals surface area contributed by atoms with Gasteiger partial charge in [-0.05, 0) is 55.0 Å². The van der Waals surface area contributed by atoms with E-state index in [1.54, 1.807) is 57.6 Å². The molecule has 0 aliphatic rings. The van der Waals surface area contributed by atoms with Crippen molar-refractivity contribution in [2.75, 3.05) is 20.8 Å². The van der Waals surface area contributed by atoms with Gasteiger partial charge in [0.25, 0.3) is 0 Å². The Morgan fingerprint density at radius 2 is 1.72 bits per heavy atom. The molecule has 0 amide bonds. The lowest BCUT2D eigenvalue weighted by Crippen LogP contribution is -2.01. The third-order valence-electron chi connectivity index (χ3n) is 3.66. The maximum Gasteiger partial charge on any atom is 0.188 e. The fraction of sp³-hybridized carbons (Fsp3) is 0.190. The summed E-state index contributed by atoms with van der Waals surface area (Å²) >= 11 is 0. The minimum atomic E-state index is -0.0480. The van der Waals surface area contributed by atoms with Gasteiger partial charge in [0.05, 0.1) is 14.2 Å². The first-order valence-corrected chi connectivity index (χ1v) is 7.87. The van der Waals surface area contributed by atoms with E-state index in [2.05, 4.69) is 6.58 Å². The molecule has 0 fully saturated rings. The average molecular weight is 338 g/mol.